The standard InChI is InChI=1S/C14H17Cl2N3O2S.ClH/c1-2-19(14(21)11-7-22-8-17-11)6-12(20)18-13-9(15)4-3-5-10(13)16;/h3-5,11,17H,2,6-8H2,1H3,(H,18,20);1H/t11-;/m1./s1. The summed E-state index contributed by atoms with van der Waals surface area (Å²) >= 11 is 13.7. The van der Waals surface area contributed by atoms with Crippen molar-refractivity contribution in [3.8, 4) is 0 Å². The second kappa shape index (κ2) is 9.59. The summed E-state index contributed by atoms with van der Waals surface area (Å²) in [6, 6.07) is 4.77. The van der Waals surface area contributed by atoms with E-state index in [1.165, 1.54) is 4.90 Å². The number of thioether (sulfide) groups is 1. The SMILES string of the molecule is CCN(CC(=O)Nc1c(Cl)cccc1Cl)C(=O)[C@H]1CSCN1.Cl. The number of likely N-dealkylation sites (N-methyl/N-ethyl adjacent to an activating group) is 1. The molecule has 1 aromatic rings. The molecule has 2 amide bonds. The average Bonchev–Trinajstić information content (AvgIpc) is 3.02. The average molecular weight is 399 g/mol. The van der Waals surface area contributed by atoms with Crippen molar-refractivity contribution in [1.29, 1.82) is 0 Å². The molecule has 2 N–H and O–H groups in total. The number of carbonyl (C=O) groups excluding carboxylic acids is 2. The van der Waals surface area contributed by atoms with E-state index in [1.54, 1.807) is 30.0 Å². The molecule has 1 heterocycles. The zero-order chi connectivity index (χ0) is 16.1. The monoisotopic (exact) mass is 397 g/mol. The van der Waals surface area contributed by atoms with Gasteiger partial charge < -0.3 is 10.2 Å². The van der Waals surface area contributed by atoms with Crippen molar-refractivity contribution >= 4 is 64.9 Å². The molecule has 0 aliphatic carbocycles. The maximum atomic E-state index is 12.3. The molecule has 1 atom stereocenters. The summed E-state index contributed by atoms with van der Waals surface area (Å²) in [5.41, 5.74) is 0.369. The number of nitrogens with zero attached hydrogens (tertiary/aromatic N) is 1. The van der Waals surface area contributed by atoms with Gasteiger partial charge in [-0.2, -0.15) is 0 Å². The van der Waals surface area contributed by atoms with Gasteiger partial charge in [-0.05, 0) is 19.1 Å². The second-order valence-corrected chi connectivity index (χ2v) is 6.61. The fraction of sp³-hybridized carbons (Fsp3) is 0.429. The maximum absolute atomic E-state index is 12.3. The Hall–Kier alpha value is -0.660. The van der Waals surface area contributed by atoms with E-state index in [2.05, 4.69) is 10.6 Å². The Balaban J connectivity index is 0.00000264. The van der Waals surface area contributed by atoms with E-state index in [1.807, 2.05) is 6.92 Å². The number of amides is 2. The summed E-state index contributed by atoms with van der Waals surface area (Å²) in [5, 5.41) is 6.51. The van der Waals surface area contributed by atoms with Crippen LogP contribution in [-0.4, -0.2) is 47.5 Å². The van der Waals surface area contributed by atoms with Crippen LogP contribution in [0.4, 0.5) is 5.69 Å². The smallest absolute Gasteiger partial charge is 0.244 e. The first-order chi connectivity index (χ1) is 10.5. The van der Waals surface area contributed by atoms with Crippen LogP contribution in [0.5, 0.6) is 0 Å². The number of halogens is 3. The van der Waals surface area contributed by atoms with Crippen LogP contribution in [0.3, 0.4) is 0 Å². The van der Waals surface area contributed by atoms with Gasteiger partial charge in [0.2, 0.25) is 11.8 Å². The van der Waals surface area contributed by atoms with Crippen LogP contribution in [-0.2, 0) is 9.59 Å². The van der Waals surface area contributed by atoms with Gasteiger partial charge in [0.25, 0.3) is 0 Å². The molecule has 1 aliphatic rings. The lowest BCUT2D eigenvalue weighted by Gasteiger charge is -2.23. The molecule has 0 aromatic heterocycles. The number of nitrogens with one attached hydrogen (secondary N) is 2. The Morgan fingerprint density at radius 1 is 1.39 bits per heavy atom. The van der Waals surface area contributed by atoms with Gasteiger partial charge in [-0.15, -0.1) is 24.2 Å². The zero-order valence-corrected chi connectivity index (χ0v) is 15.6. The fourth-order valence-electron chi connectivity index (χ4n) is 2.09. The molecule has 5 nitrogen and oxygen atoms in total. The van der Waals surface area contributed by atoms with E-state index in [-0.39, 0.29) is 36.8 Å². The fourth-order valence-corrected chi connectivity index (χ4v) is 3.51. The number of rotatable bonds is 5. The van der Waals surface area contributed by atoms with Gasteiger partial charge in [-0.1, -0.05) is 29.3 Å². The van der Waals surface area contributed by atoms with E-state index in [0.717, 1.165) is 11.6 Å². The van der Waals surface area contributed by atoms with Crippen LogP contribution in [0.1, 0.15) is 6.92 Å². The molecule has 0 unspecified atom stereocenters. The van der Waals surface area contributed by atoms with E-state index in [9.17, 15) is 9.59 Å². The van der Waals surface area contributed by atoms with Gasteiger partial charge in [0, 0.05) is 18.2 Å². The summed E-state index contributed by atoms with van der Waals surface area (Å²) in [7, 11) is 0. The van der Waals surface area contributed by atoms with Crippen molar-refractivity contribution in [3.05, 3.63) is 28.2 Å². The second-order valence-electron chi connectivity index (χ2n) is 4.77. The number of benzene rings is 1. The highest BCUT2D eigenvalue weighted by Gasteiger charge is 2.27. The van der Waals surface area contributed by atoms with Crippen LogP contribution in [0.25, 0.3) is 0 Å². The van der Waals surface area contributed by atoms with Crippen molar-refractivity contribution in [2.75, 3.05) is 30.0 Å². The largest absolute Gasteiger partial charge is 0.332 e. The molecule has 0 saturated carbocycles. The van der Waals surface area contributed by atoms with E-state index < -0.39 is 0 Å². The van der Waals surface area contributed by atoms with Crippen LogP contribution < -0.4 is 10.6 Å². The predicted molar refractivity (Wildman–Crippen MR) is 98.8 cm³/mol. The lowest BCUT2D eigenvalue weighted by Crippen LogP contribution is -2.47. The molecule has 2 rings (SSSR count). The predicted octanol–water partition coefficient (Wildman–Crippen LogP) is 2.86. The highest BCUT2D eigenvalue weighted by Crippen LogP contribution is 2.29. The lowest BCUT2D eigenvalue weighted by atomic mass is 10.2. The van der Waals surface area contributed by atoms with Crippen molar-refractivity contribution in [1.82, 2.24) is 10.2 Å². The Labute approximate surface area is 155 Å². The molecule has 1 aromatic carbocycles. The first kappa shape index (κ1) is 20.4. The molecule has 1 aliphatic heterocycles. The van der Waals surface area contributed by atoms with E-state index in [0.29, 0.717) is 22.3 Å². The van der Waals surface area contributed by atoms with E-state index in [4.69, 9.17) is 23.2 Å². The van der Waals surface area contributed by atoms with Crippen molar-refractivity contribution in [2.24, 2.45) is 0 Å². The van der Waals surface area contributed by atoms with Crippen LogP contribution >= 0.6 is 47.4 Å². The summed E-state index contributed by atoms with van der Waals surface area (Å²) in [6.07, 6.45) is 0. The molecule has 1 fully saturated rings. The number of hydrogen-bond acceptors (Lipinski definition) is 4. The van der Waals surface area contributed by atoms with Gasteiger partial charge in [-0.25, -0.2) is 0 Å². The molecule has 9 heteroatoms. The molecule has 23 heavy (non-hydrogen) atoms. The highest BCUT2D eigenvalue weighted by molar-refractivity contribution is 7.99. The lowest BCUT2D eigenvalue weighted by molar-refractivity contribution is -0.135. The van der Waals surface area contributed by atoms with Crippen molar-refractivity contribution in [3.63, 3.8) is 0 Å². The molecule has 1 saturated heterocycles. The van der Waals surface area contributed by atoms with Crippen LogP contribution in [0, 0.1) is 0 Å². The summed E-state index contributed by atoms with van der Waals surface area (Å²) in [6.45, 7) is 2.28. The number of anilines is 1. The third-order valence-corrected chi connectivity index (χ3v) is 4.84. The minimum atomic E-state index is -0.323. The quantitative estimate of drug-likeness (QED) is 0.800. The highest BCUT2D eigenvalue weighted by atomic mass is 35.5. The third-order valence-electron chi connectivity index (χ3n) is 3.27. The molecule has 0 bridgehead atoms. The van der Waals surface area contributed by atoms with Crippen LogP contribution in [0.15, 0.2) is 18.2 Å². The molecular formula is C14H18Cl3N3O2S. The first-order valence-electron chi connectivity index (χ1n) is 6.86. The summed E-state index contributed by atoms with van der Waals surface area (Å²) < 4.78 is 0. The molecule has 128 valence electrons. The van der Waals surface area contributed by atoms with Gasteiger partial charge in [-0.3, -0.25) is 14.9 Å². The number of para-hydroxylation sites is 1. The summed E-state index contributed by atoms with van der Waals surface area (Å²) in [5.74, 6) is 1.10. The Bertz CT molecular complexity index is 548. The van der Waals surface area contributed by atoms with Crippen LogP contribution in [0.2, 0.25) is 10.0 Å². The molecule has 0 radical (unpaired) electrons. The Kier molecular flexibility index (Phi) is 8.50. The minimum absolute atomic E-state index is 0. The number of carbonyl (C=O) groups is 2. The zero-order valence-electron chi connectivity index (χ0n) is 12.5. The normalized spacial score (nSPS) is 16.6. The first-order valence-corrected chi connectivity index (χ1v) is 8.77. The molecule has 0 spiro atoms. The maximum Gasteiger partial charge on any atom is 0.244 e. The topological polar surface area (TPSA) is 61.4 Å². The van der Waals surface area contributed by atoms with Gasteiger partial charge in [0.05, 0.1) is 28.3 Å². The Morgan fingerprint density at radius 2 is 2.04 bits per heavy atom. The number of hydrogen-bond donors (Lipinski definition) is 2. The molecular weight excluding hydrogens is 381 g/mol. The third kappa shape index (κ3) is 5.43. The van der Waals surface area contributed by atoms with Crippen molar-refractivity contribution < 1.29 is 9.59 Å². The Morgan fingerprint density at radius 3 is 2.57 bits per heavy atom. The van der Waals surface area contributed by atoms with Gasteiger partial charge >= 0.3 is 0 Å². The van der Waals surface area contributed by atoms with Gasteiger partial charge in [0.1, 0.15) is 0 Å². The van der Waals surface area contributed by atoms with Crippen molar-refractivity contribution in [2.45, 2.75) is 13.0 Å². The van der Waals surface area contributed by atoms with Gasteiger partial charge in [0.15, 0.2) is 0 Å². The minimum Gasteiger partial charge on any atom is -0.332 e. The summed E-state index contributed by atoms with van der Waals surface area (Å²) in [4.78, 5) is 26.0. The van der Waals surface area contributed by atoms with E-state index >= 15 is 0 Å².